The largest absolute Gasteiger partial charge is 0.340 e. The van der Waals surface area contributed by atoms with Crippen LogP contribution in [0.1, 0.15) is 28.9 Å². The molecule has 130 valence electrons. The Bertz CT molecular complexity index is 784. The molecule has 2 aromatic rings. The molecule has 5 heteroatoms. The molecule has 0 aliphatic carbocycles. The molecular formula is C20H24N4O. The molecule has 1 fully saturated rings. The summed E-state index contributed by atoms with van der Waals surface area (Å²) in [6.45, 7) is 7.12. The molecule has 1 saturated heterocycles. The van der Waals surface area contributed by atoms with E-state index in [-0.39, 0.29) is 11.8 Å². The number of aryl methyl sites for hydroxylation is 2. The highest BCUT2D eigenvalue weighted by Crippen LogP contribution is 2.26. The van der Waals surface area contributed by atoms with Crippen LogP contribution in [-0.4, -0.2) is 40.4 Å². The van der Waals surface area contributed by atoms with Gasteiger partial charge in [0.2, 0.25) is 11.9 Å². The summed E-state index contributed by atoms with van der Waals surface area (Å²) in [6, 6.07) is 10.4. The van der Waals surface area contributed by atoms with Crippen molar-refractivity contribution in [3.05, 3.63) is 52.8 Å². The summed E-state index contributed by atoms with van der Waals surface area (Å²) in [5.74, 6) is 1.09. The maximum absolute atomic E-state index is 13.0. The van der Waals surface area contributed by atoms with Crippen LogP contribution in [0.15, 0.2) is 30.3 Å². The van der Waals surface area contributed by atoms with Crippen molar-refractivity contribution in [2.75, 3.05) is 24.5 Å². The molecule has 25 heavy (non-hydrogen) atoms. The number of rotatable bonds is 2. The second-order valence-electron chi connectivity index (χ2n) is 7.16. The molecule has 1 atom stereocenters. The van der Waals surface area contributed by atoms with Crippen LogP contribution in [0.4, 0.5) is 5.95 Å². The Kier molecular flexibility index (Phi) is 4.15. The molecule has 2 aliphatic heterocycles. The lowest BCUT2D eigenvalue weighted by Crippen LogP contribution is -2.40. The van der Waals surface area contributed by atoms with E-state index in [0.29, 0.717) is 0 Å². The Hall–Kier alpha value is -2.43. The van der Waals surface area contributed by atoms with Gasteiger partial charge in [0.05, 0.1) is 5.92 Å². The van der Waals surface area contributed by atoms with Crippen LogP contribution in [0.25, 0.3) is 0 Å². The molecular weight excluding hydrogens is 312 g/mol. The molecule has 1 amide bonds. The van der Waals surface area contributed by atoms with Gasteiger partial charge in [-0.2, -0.15) is 0 Å². The van der Waals surface area contributed by atoms with E-state index < -0.39 is 0 Å². The zero-order valence-corrected chi connectivity index (χ0v) is 14.9. The van der Waals surface area contributed by atoms with Crippen molar-refractivity contribution in [3.63, 3.8) is 0 Å². The molecule has 3 heterocycles. The standard InChI is InChI=1S/C20H24N4O/c1-14-11-15(2)22-20(21-14)24-10-8-18(13-24)19(25)23-9-7-16-5-3-4-6-17(16)12-23/h3-6,11,18H,7-10,12-13H2,1-2H3. The maximum Gasteiger partial charge on any atom is 0.227 e. The van der Waals surface area contributed by atoms with Gasteiger partial charge in [0.25, 0.3) is 0 Å². The number of carbonyl (C=O) groups excluding carboxylic acids is 1. The highest BCUT2D eigenvalue weighted by Gasteiger charge is 2.33. The van der Waals surface area contributed by atoms with E-state index in [4.69, 9.17) is 0 Å². The van der Waals surface area contributed by atoms with Crippen LogP contribution in [-0.2, 0) is 17.8 Å². The zero-order valence-electron chi connectivity index (χ0n) is 14.9. The summed E-state index contributed by atoms with van der Waals surface area (Å²) in [6.07, 6.45) is 1.84. The minimum atomic E-state index is 0.0506. The first kappa shape index (κ1) is 16.1. The second-order valence-corrected chi connectivity index (χ2v) is 7.16. The van der Waals surface area contributed by atoms with E-state index in [0.717, 1.165) is 56.4 Å². The fourth-order valence-corrected chi connectivity index (χ4v) is 3.93. The van der Waals surface area contributed by atoms with Crippen LogP contribution in [0.5, 0.6) is 0 Å². The molecule has 0 bridgehead atoms. The van der Waals surface area contributed by atoms with E-state index in [9.17, 15) is 4.79 Å². The highest BCUT2D eigenvalue weighted by atomic mass is 16.2. The number of carbonyl (C=O) groups is 1. The lowest BCUT2D eigenvalue weighted by Gasteiger charge is -2.31. The van der Waals surface area contributed by atoms with E-state index in [1.165, 1.54) is 11.1 Å². The topological polar surface area (TPSA) is 49.3 Å². The Morgan fingerprint density at radius 3 is 2.56 bits per heavy atom. The number of amides is 1. The summed E-state index contributed by atoms with van der Waals surface area (Å²) in [7, 11) is 0. The van der Waals surface area contributed by atoms with E-state index in [1.807, 2.05) is 24.8 Å². The monoisotopic (exact) mass is 336 g/mol. The quantitative estimate of drug-likeness (QED) is 0.845. The second kappa shape index (κ2) is 6.47. The van der Waals surface area contributed by atoms with Crippen molar-refractivity contribution in [2.24, 2.45) is 5.92 Å². The molecule has 1 aromatic heterocycles. The highest BCUT2D eigenvalue weighted by molar-refractivity contribution is 5.80. The normalized spacial score (nSPS) is 19.8. The first-order valence-electron chi connectivity index (χ1n) is 9.03. The summed E-state index contributed by atoms with van der Waals surface area (Å²) < 4.78 is 0. The van der Waals surface area contributed by atoms with Crippen molar-refractivity contribution in [2.45, 2.75) is 33.2 Å². The molecule has 0 radical (unpaired) electrons. The van der Waals surface area contributed by atoms with Crippen molar-refractivity contribution in [1.29, 1.82) is 0 Å². The number of hydrogen-bond donors (Lipinski definition) is 0. The predicted molar refractivity (Wildman–Crippen MR) is 97.4 cm³/mol. The molecule has 4 rings (SSSR count). The van der Waals surface area contributed by atoms with Crippen molar-refractivity contribution in [1.82, 2.24) is 14.9 Å². The predicted octanol–water partition coefficient (Wildman–Crippen LogP) is 2.50. The number of benzene rings is 1. The Morgan fingerprint density at radius 1 is 1.08 bits per heavy atom. The van der Waals surface area contributed by atoms with Crippen LogP contribution >= 0.6 is 0 Å². The molecule has 2 aliphatic rings. The van der Waals surface area contributed by atoms with Gasteiger partial charge in [0.1, 0.15) is 0 Å². The van der Waals surface area contributed by atoms with Gasteiger partial charge >= 0.3 is 0 Å². The number of fused-ring (bicyclic) bond motifs is 1. The third-order valence-electron chi connectivity index (χ3n) is 5.23. The van der Waals surface area contributed by atoms with E-state index >= 15 is 0 Å². The first-order chi connectivity index (χ1) is 12.1. The number of hydrogen-bond acceptors (Lipinski definition) is 4. The average molecular weight is 336 g/mol. The van der Waals surface area contributed by atoms with Gasteiger partial charge in [-0.25, -0.2) is 9.97 Å². The van der Waals surface area contributed by atoms with Crippen molar-refractivity contribution >= 4 is 11.9 Å². The van der Waals surface area contributed by atoms with E-state index in [2.05, 4.69) is 39.1 Å². The molecule has 5 nitrogen and oxygen atoms in total. The van der Waals surface area contributed by atoms with Crippen LogP contribution in [0.3, 0.4) is 0 Å². The lowest BCUT2D eigenvalue weighted by molar-refractivity contribution is -0.135. The fourth-order valence-electron chi connectivity index (χ4n) is 3.93. The van der Waals surface area contributed by atoms with Gasteiger partial charge in [-0.3, -0.25) is 4.79 Å². The van der Waals surface area contributed by atoms with Gasteiger partial charge in [0.15, 0.2) is 0 Å². The van der Waals surface area contributed by atoms with Gasteiger partial charge in [-0.15, -0.1) is 0 Å². The summed E-state index contributed by atoms with van der Waals surface area (Å²) in [5.41, 5.74) is 4.62. The van der Waals surface area contributed by atoms with Crippen molar-refractivity contribution < 1.29 is 4.79 Å². The van der Waals surface area contributed by atoms with Gasteiger partial charge in [-0.05, 0) is 43.9 Å². The van der Waals surface area contributed by atoms with Gasteiger partial charge in [0, 0.05) is 37.6 Å². The van der Waals surface area contributed by atoms with Crippen molar-refractivity contribution in [3.8, 4) is 0 Å². The molecule has 0 saturated carbocycles. The minimum Gasteiger partial charge on any atom is -0.340 e. The summed E-state index contributed by atoms with van der Waals surface area (Å²) in [5, 5.41) is 0. The fraction of sp³-hybridized carbons (Fsp3) is 0.450. The average Bonchev–Trinajstić information content (AvgIpc) is 3.10. The van der Waals surface area contributed by atoms with Crippen LogP contribution < -0.4 is 4.90 Å². The first-order valence-corrected chi connectivity index (χ1v) is 9.03. The van der Waals surface area contributed by atoms with Gasteiger partial charge < -0.3 is 9.80 Å². The molecule has 1 aromatic carbocycles. The smallest absolute Gasteiger partial charge is 0.227 e. The molecule has 0 spiro atoms. The summed E-state index contributed by atoms with van der Waals surface area (Å²) in [4.78, 5) is 26.2. The Balaban J connectivity index is 1.44. The summed E-state index contributed by atoms with van der Waals surface area (Å²) >= 11 is 0. The van der Waals surface area contributed by atoms with E-state index in [1.54, 1.807) is 0 Å². The zero-order chi connectivity index (χ0) is 17.4. The number of aromatic nitrogens is 2. The third kappa shape index (κ3) is 3.23. The lowest BCUT2D eigenvalue weighted by atomic mass is 9.98. The number of anilines is 1. The maximum atomic E-state index is 13.0. The van der Waals surface area contributed by atoms with Crippen LogP contribution in [0, 0.1) is 19.8 Å². The Morgan fingerprint density at radius 2 is 1.80 bits per heavy atom. The SMILES string of the molecule is Cc1cc(C)nc(N2CCC(C(=O)N3CCc4ccccc4C3)C2)n1. The minimum absolute atomic E-state index is 0.0506. The molecule has 1 unspecified atom stereocenters. The third-order valence-corrected chi connectivity index (χ3v) is 5.23. The molecule has 0 N–H and O–H groups in total. The van der Waals surface area contributed by atoms with Gasteiger partial charge in [-0.1, -0.05) is 24.3 Å². The van der Waals surface area contributed by atoms with Crippen LogP contribution in [0.2, 0.25) is 0 Å². The Labute approximate surface area is 148 Å². The number of nitrogens with zero attached hydrogens (tertiary/aromatic N) is 4.